The molecule has 14 heavy (non-hydrogen) atoms. The summed E-state index contributed by atoms with van der Waals surface area (Å²) in [6, 6.07) is 0. The summed E-state index contributed by atoms with van der Waals surface area (Å²) in [6.07, 6.45) is 5.77. The highest BCUT2D eigenvalue weighted by Crippen LogP contribution is 2.39. The van der Waals surface area contributed by atoms with Crippen LogP contribution in [0.25, 0.3) is 0 Å². The van der Waals surface area contributed by atoms with Gasteiger partial charge in [-0.1, -0.05) is 6.92 Å². The summed E-state index contributed by atoms with van der Waals surface area (Å²) >= 11 is 0. The third-order valence-electron chi connectivity index (χ3n) is 4.22. The molecule has 2 heterocycles. The molecule has 2 fully saturated rings. The first-order valence-electron chi connectivity index (χ1n) is 6.15. The van der Waals surface area contributed by atoms with E-state index in [9.17, 15) is 0 Å². The number of piperidine rings is 2. The molecule has 0 radical (unpaired) electrons. The van der Waals surface area contributed by atoms with Crippen LogP contribution < -0.4 is 0 Å². The Morgan fingerprint density at radius 3 is 2.36 bits per heavy atom. The van der Waals surface area contributed by atoms with Gasteiger partial charge in [-0.15, -0.1) is 0 Å². The van der Waals surface area contributed by atoms with Gasteiger partial charge in [-0.2, -0.15) is 0 Å². The van der Waals surface area contributed by atoms with Crippen LogP contribution in [0.4, 0.5) is 0 Å². The van der Waals surface area contributed by atoms with Gasteiger partial charge in [0, 0.05) is 6.54 Å². The Balaban J connectivity index is 1.91. The van der Waals surface area contributed by atoms with E-state index in [0.29, 0.717) is 5.41 Å². The maximum absolute atomic E-state index is 2.60. The van der Waals surface area contributed by atoms with Gasteiger partial charge in [-0.05, 0) is 64.3 Å². The molecule has 0 unspecified atom stereocenters. The molecule has 2 rings (SSSR count). The van der Waals surface area contributed by atoms with Crippen LogP contribution in [0, 0.1) is 5.41 Å². The Kier molecular flexibility index (Phi) is 3.13. The van der Waals surface area contributed by atoms with Gasteiger partial charge in [0.05, 0.1) is 0 Å². The van der Waals surface area contributed by atoms with Crippen molar-refractivity contribution in [1.29, 1.82) is 0 Å². The van der Waals surface area contributed by atoms with E-state index >= 15 is 0 Å². The maximum atomic E-state index is 2.60. The average Bonchev–Trinajstić information content (AvgIpc) is 2.19. The summed E-state index contributed by atoms with van der Waals surface area (Å²) in [5, 5.41) is 0. The van der Waals surface area contributed by atoms with Crippen LogP contribution in [-0.2, 0) is 0 Å². The van der Waals surface area contributed by atoms with Gasteiger partial charge in [0.15, 0.2) is 0 Å². The molecule has 2 saturated heterocycles. The van der Waals surface area contributed by atoms with E-state index in [1.54, 1.807) is 0 Å². The Labute approximate surface area is 88.3 Å². The van der Waals surface area contributed by atoms with Crippen LogP contribution in [0.15, 0.2) is 0 Å². The quantitative estimate of drug-likeness (QED) is 0.631. The number of likely N-dealkylation sites (tertiary alicyclic amines) is 2. The van der Waals surface area contributed by atoms with Gasteiger partial charge in [0.2, 0.25) is 0 Å². The van der Waals surface area contributed by atoms with Gasteiger partial charge in [-0.3, -0.25) is 0 Å². The lowest BCUT2D eigenvalue weighted by Gasteiger charge is -2.46. The highest BCUT2D eigenvalue weighted by molar-refractivity contribution is 4.90. The average molecular weight is 196 g/mol. The van der Waals surface area contributed by atoms with E-state index in [4.69, 9.17) is 0 Å². The number of nitrogens with zero attached hydrogens (tertiary/aromatic N) is 2. The summed E-state index contributed by atoms with van der Waals surface area (Å²) in [4.78, 5) is 5.13. The minimum Gasteiger partial charge on any atom is -0.306 e. The lowest BCUT2D eigenvalue weighted by Crippen LogP contribution is -2.48. The largest absolute Gasteiger partial charge is 0.306 e. The molecule has 0 atom stereocenters. The van der Waals surface area contributed by atoms with Crippen LogP contribution >= 0.6 is 0 Å². The van der Waals surface area contributed by atoms with Crippen LogP contribution in [0.1, 0.15) is 32.6 Å². The van der Waals surface area contributed by atoms with E-state index in [1.807, 2.05) is 0 Å². The lowest BCUT2D eigenvalue weighted by molar-refractivity contribution is 0.0361. The minimum atomic E-state index is 0.693. The van der Waals surface area contributed by atoms with Crippen molar-refractivity contribution >= 4 is 0 Å². The third-order valence-corrected chi connectivity index (χ3v) is 4.22. The molecule has 1 spiro atoms. The molecule has 2 heteroatoms. The summed E-state index contributed by atoms with van der Waals surface area (Å²) in [5.74, 6) is 0. The third kappa shape index (κ3) is 2.12. The van der Waals surface area contributed by atoms with Gasteiger partial charge < -0.3 is 9.80 Å². The predicted octanol–water partition coefficient (Wildman–Crippen LogP) is 1.81. The van der Waals surface area contributed by atoms with Gasteiger partial charge in [-0.25, -0.2) is 0 Å². The second kappa shape index (κ2) is 4.19. The number of hydrogen-bond acceptors (Lipinski definition) is 2. The Morgan fingerprint density at radius 2 is 1.79 bits per heavy atom. The topological polar surface area (TPSA) is 6.48 Å². The maximum Gasteiger partial charge on any atom is 0.00359 e. The standard InChI is InChI=1S/C12H24N2/c1-3-14-9-6-12(7-10-14)5-4-8-13(2)11-12/h3-11H2,1-2H3. The van der Waals surface area contributed by atoms with Crippen molar-refractivity contribution < 1.29 is 0 Å². The first-order chi connectivity index (χ1) is 6.74. The smallest absolute Gasteiger partial charge is 0.00359 e. The van der Waals surface area contributed by atoms with Crippen molar-refractivity contribution in [2.45, 2.75) is 32.6 Å². The van der Waals surface area contributed by atoms with Crippen LogP contribution in [0.3, 0.4) is 0 Å². The second-order valence-electron chi connectivity index (χ2n) is 5.28. The predicted molar refractivity (Wildman–Crippen MR) is 60.5 cm³/mol. The zero-order valence-electron chi connectivity index (χ0n) is 9.76. The fourth-order valence-corrected chi connectivity index (χ4v) is 3.21. The summed E-state index contributed by atoms with van der Waals surface area (Å²) in [6.45, 7) is 8.87. The lowest BCUT2D eigenvalue weighted by atomic mass is 9.72. The molecule has 0 N–H and O–H groups in total. The first kappa shape index (κ1) is 10.4. The summed E-state index contributed by atoms with van der Waals surface area (Å²) in [7, 11) is 2.28. The van der Waals surface area contributed by atoms with Crippen molar-refractivity contribution in [2.75, 3.05) is 39.8 Å². The Morgan fingerprint density at radius 1 is 1.07 bits per heavy atom. The summed E-state index contributed by atoms with van der Waals surface area (Å²) < 4.78 is 0. The highest BCUT2D eigenvalue weighted by Gasteiger charge is 2.36. The monoisotopic (exact) mass is 196 g/mol. The Bertz CT molecular complexity index is 183. The fourth-order valence-electron chi connectivity index (χ4n) is 3.21. The van der Waals surface area contributed by atoms with E-state index in [-0.39, 0.29) is 0 Å². The van der Waals surface area contributed by atoms with Gasteiger partial charge in [0.1, 0.15) is 0 Å². The zero-order chi connectivity index (χ0) is 10.0. The van der Waals surface area contributed by atoms with Crippen LogP contribution in [-0.4, -0.2) is 49.6 Å². The highest BCUT2D eigenvalue weighted by atomic mass is 15.1. The van der Waals surface area contributed by atoms with Crippen molar-refractivity contribution in [3.05, 3.63) is 0 Å². The molecular formula is C12H24N2. The molecule has 0 aromatic rings. The molecule has 0 saturated carbocycles. The van der Waals surface area contributed by atoms with Crippen LogP contribution in [0.2, 0.25) is 0 Å². The Hall–Kier alpha value is -0.0800. The molecule has 0 aliphatic carbocycles. The molecule has 0 bridgehead atoms. The van der Waals surface area contributed by atoms with Gasteiger partial charge in [0.25, 0.3) is 0 Å². The molecule has 2 aliphatic heterocycles. The van der Waals surface area contributed by atoms with E-state index in [1.165, 1.54) is 58.4 Å². The summed E-state index contributed by atoms with van der Waals surface area (Å²) in [5.41, 5.74) is 0.693. The first-order valence-corrected chi connectivity index (χ1v) is 6.15. The van der Waals surface area contributed by atoms with E-state index in [2.05, 4.69) is 23.8 Å². The molecular weight excluding hydrogens is 172 g/mol. The SMILES string of the molecule is CCN1CCC2(CCCN(C)C2)CC1. The number of rotatable bonds is 1. The van der Waals surface area contributed by atoms with Crippen LogP contribution in [0.5, 0.6) is 0 Å². The van der Waals surface area contributed by atoms with Crippen molar-refractivity contribution in [3.8, 4) is 0 Å². The molecule has 2 aliphatic rings. The van der Waals surface area contributed by atoms with E-state index < -0.39 is 0 Å². The molecule has 0 aromatic carbocycles. The fraction of sp³-hybridized carbons (Fsp3) is 1.00. The zero-order valence-corrected chi connectivity index (χ0v) is 9.76. The van der Waals surface area contributed by atoms with Crippen molar-refractivity contribution in [1.82, 2.24) is 9.80 Å². The minimum absolute atomic E-state index is 0.693. The number of hydrogen-bond donors (Lipinski definition) is 0. The van der Waals surface area contributed by atoms with Gasteiger partial charge >= 0.3 is 0 Å². The van der Waals surface area contributed by atoms with Crippen molar-refractivity contribution in [2.24, 2.45) is 5.41 Å². The van der Waals surface area contributed by atoms with Crippen molar-refractivity contribution in [3.63, 3.8) is 0 Å². The molecule has 0 aromatic heterocycles. The molecule has 2 nitrogen and oxygen atoms in total. The molecule has 0 amide bonds. The van der Waals surface area contributed by atoms with E-state index in [0.717, 1.165) is 0 Å². The normalized spacial score (nSPS) is 29.6. The molecule has 82 valence electrons. The second-order valence-corrected chi connectivity index (χ2v) is 5.28.